The first-order valence-electron chi connectivity index (χ1n) is 9.15. The van der Waals surface area contributed by atoms with Crippen LogP contribution >= 0.6 is 0 Å². The smallest absolute Gasteiger partial charge is 0.255 e. The van der Waals surface area contributed by atoms with Gasteiger partial charge in [-0.3, -0.25) is 4.79 Å². The first-order valence-corrected chi connectivity index (χ1v) is 9.15. The third-order valence-electron chi connectivity index (χ3n) is 4.36. The summed E-state index contributed by atoms with van der Waals surface area (Å²) in [5, 5.41) is 6.32. The van der Waals surface area contributed by atoms with Gasteiger partial charge in [0.2, 0.25) is 0 Å². The molecule has 4 N–H and O–H groups in total. The molecular weight excluding hydrogens is 324 g/mol. The highest BCUT2D eigenvalue weighted by Gasteiger charge is 2.07. The van der Waals surface area contributed by atoms with Crippen LogP contribution in [0.1, 0.15) is 34.8 Å². The molecule has 2 aromatic rings. The molecule has 0 radical (unpaired) electrons. The number of nitrogens with one attached hydrogen (secondary N) is 2. The minimum atomic E-state index is -0.131. The van der Waals surface area contributed by atoms with E-state index in [2.05, 4.69) is 29.5 Å². The summed E-state index contributed by atoms with van der Waals surface area (Å²) >= 11 is 0. The molecule has 0 unspecified atom stereocenters. The minimum Gasteiger partial charge on any atom is -0.398 e. The standard InChI is InChI=1S/C21H30N4O/c1-4-12-25(3)13-11-23-15-17-6-8-18(9-7-17)21(26)24-19-10-5-16(2)20(22)14-19/h5-10,14,23H,4,11-13,15,22H2,1-3H3,(H,24,26). The quantitative estimate of drug-likeness (QED) is 0.477. The fourth-order valence-corrected chi connectivity index (χ4v) is 2.69. The monoisotopic (exact) mass is 354 g/mol. The predicted molar refractivity (Wildman–Crippen MR) is 109 cm³/mol. The van der Waals surface area contributed by atoms with Crippen LogP contribution in [0.2, 0.25) is 0 Å². The van der Waals surface area contributed by atoms with Crippen molar-refractivity contribution in [3.05, 3.63) is 59.2 Å². The van der Waals surface area contributed by atoms with E-state index in [9.17, 15) is 4.79 Å². The Kier molecular flexibility index (Phi) is 7.63. The zero-order chi connectivity index (χ0) is 18.9. The van der Waals surface area contributed by atoms with E-state index < -0.39 is 0 Å². The summed E-state index contributed by atoms with van der Waals surface area (Å²) in [5.41, 5.74) is 10.1. The zero-order valence-electron chi connectivity index (χ0n) is 16.0. The number of nitrogen functional groups attached to an aromatic ring is 1. The summed E-state index contributed by atoms with van der Waals surface area (Å²) in [6, 6.07) is 13.2. The van der Waals surface area contributed by atoms with Crippen molar-refractivity contribution in [3.8, 4) is 0 Å². The molecule has 0 saturated heterocycles. The SMILES string of the molecule is CCCN(C)CCNCc1ccc(C(=O)Nc2ccc(C)c(N)c2)cc1. The van der Waals surface area contributed by atoms with Gasteiger partial charge in [-0.1, -0.05) is 25.1 Å². The van der Waals surface area contributed by atoms with E-state index in [4.69, 9.17) is 5.73 Å². The summed E-state index contributed by atoms with van der Waals surface area (Å²) in [4.78, 5) is 14.7. The van der Waals surface area contributed by atoms with Crippen LogP contribution in [0, 0.1) is 6.92 Å². The van der Waals surface area contributed by atoms with Crippen LogP contribution in [0.5, 0.6) is 0 Å². The zero-order valence-corrected chi connectivity index (χ0v) is 16.0. The second-order valence-electron chi connectivity index (χ2n) is 6.70. The van der Waals surface area contributed by atoms with Gasteiger partial charge in [-0.15, -0.1) is 0 Å². The van der Waals surface area contributed by atoms with E-state index in [1.807, 2.05) is 43.3 Å². The highest BCUT2D eigenvalue weighted by Crippen LogP contribution is 2.17. The molecule has 0 atom stereocenters. The van der Waals surface area contributed by atoms with E-state index in [1.54, 1.807) is 6.07 Å². The topological polar surface area (TPSA) is 70.4 Å². The molecule has 0 aliphatic rings. The number of carbonyl (C=O) groups excluding carboxylic acids is 1. The molecule has 0 spiro atoms. The average Bonchev–Trinajstić information content (AvgIpc) is 2.62. The van der Waals surface area contributed by atoms with Gasteiger partial charge in [0.1, 0.15) is 0 Å². The van der Waals surface area contributed by atoms with Gasteiger partial charge in [-0.05, 0) is 62.3 Å². The van der Waals surface area contributed by atoms with Crippen LogP contribution in [-0.2, 0) is 6.54 Å². The number of hydrogen-bond donors (Lipinski definition) is 3. The molecule has 2 aromatic carbocycles. The maximum atomic E-state index is 12.3. The summed E-state index contributed by atoms with van der Waals surface area (Å²) in [5.74, 6) is -0.131. The largest absolute Gasteiger partial charge is 0.398 e. The Morgan fingerprint density at radius 1 is 1.12 bits per heavy atom. The molecule has 1 amide bonds. The van der Waals surface area contributed by atoms with Gasteiger partial charge < -0.3 is 21.3 Å². The fourth-order valence-electron chi connectivity index (χ4n) is 2.69. The lowest BCUT2D eigenvalue weighted by atomic mass is 10.1. The third kappa shape index (κ3) is 6.17. The number of nitrogens with two attached hydrogens (primary N) is 1. The van der Waals surface area contributed by atoms with Crippen molar-refractivity contribution in [3.63, 3.8) is 0 Å². The van der Waals surface area contributed by atoms with E-state index >= 15 is 0 Å². The van der Waals surface area contributed by atoms with E-state index in [0.29, 0.717) is 16.9 Å². The van der Waals surface area contributed by atoms with Crippen LogP contribution in [0.15, 0.2) is 42.5 Å². The molecule has 2 rings (SSSR count). The summed E-state index contributed by atoms with van der Waals surface area (Å²) in [6.07, 6.45) is 1.18. The van der Waals surface area contributed by atoms with E-state index in [0.717, 1.165) is 31.7 Å². The average molecular weight is 354 g/mol. The van der Waals surface area contributed by atoms with E-state index in [1.165, 1.54) is 12.0 Å². The van der Waals surface area contributed by atoms with Gasteiger partial charge in [-0.2, -0.15) is 0 Å². The Hall–Kier alpha value is -2.37. The van der Waals surface area contributed by atoms with Crippen LogP contribution in [0.3, 0.4) is 0 Å². The van der Waals surface area contributed by atoms with Crippen molar-refractivity contribution in [2.75, 3.05) is 37.7 Å². The number of nitrogens with zero attached hydrogens (tertiary/aromatic N) is 1. The van der Waals surface area contributed by atoms with Crippen molar-refractivity contribution in [2.24, 2.45) is 0 Å². The minimum absolute atomic E-state index is 0.131. The fraction of sp³-hybridized carbons (Fsp3) is 0.381. The lowest BCUT2D eigenvalue weighted by Gasteiger charge is -2.15. The van der Waals surface area contributed by atoms with Gasteiger partial charge in [0.05, 0.1) is 0 Å². The predicted octanol–water partition coefficient (Wildman–Crippen LogP) is 3.26. The third-order valence-corrected chi connectivity index (χ3v) is 4.36. The highest BCUT2D eigenvalue weighted by atomic mass is 16.1. The van der Waals surface area contributed by atoms with Crippen molar-refractivity contribution >= 4 is 17.3 Å². The second kappa shape index (κ2) is 9.94. The van der Waals surface area contributed by atoms with Crippen LogP contribution in [0.25, 0.3) is 0 Å². The Labute approximate surface area is 156 Å². The van der Waals surface area contributed by atoms with Crippen LogP contribution < -0.4 is 16.4 Å². The van der Waals surface area contributed by atoms with Gasteiger partial charge in [-0.25, -0.2) is 0 Å². The van der Waals surface area contributed by atoms with E-state index in [-0.39, 0.29) is 5.91 Å². The summed E-state index contributed by atoms with van der Waals surface area (Å²) in [7, 11) is 2.14. The Morgan fingerprint density at radius 2 is 1.85 bits per heavy atom. The van der Waals surface area contributed by atoms with Gasteiger partial charge >= 0.3 is 0 Å². The van der Waals surface area contributed by atoms with Crippen molar-refractivity contribution in [1.82, 2.24) is 10.2 Å². The lowest BCUT2D eigenvalue weighted by Crippen LogP contribution is -2.29. The molecule has 0 heterocycles. The first-order chi connectivity index (χ1) is 12.5. The molecule has 0 aromatic heterocycles. The number of aryl methyl sites for hydroxylation is 1. The normalized spacial score (nSPS) is 10.9. The number of carbonyl (C=O) groups is 1. The maximum Gasteiger partial charge on any atom is 0.255 e. The summed E-state index contributed by atoms with van der Waals surface area (Å²) in [6.45, 7) is 8.04. The summed E-state index contributed by atoms with van der Waals surface area (Å²) < 4.78 is 0. The number of likely N-dealkylation sites (N-methyl/N-ethyl adjacent to an activating group) is 1. The molecule has 0 bridgehead atoms. The molecule has 26 heavy (non-hydrogen) atoms. The molecule has 0 aliphatic heterocycles. The maximum absolute atomic E-state index is 12.3. The van der Waals surface area contributed by atoms with Gasteiger partial charge in [0, 0.05) is 36.6 Å². The second-order valence-corrected chi connectivity index (χ2v) is 6.70. The molecule has 0 fully saturated rings. The van der Waals surface area contributed by atoms with Gasteiger partial charge in [0.15, 0.2) is 0 Å². The Balaban J connectivity index is 1.82. The number of amides is 1. The van der Waals surface area contributed by atoms with Crippen molar-refractivity contribution in [2.45, 2.75) is 26.8 Å². The van der Waals surface area contributed by atoms with Crippen molar-refractivity contribution < 1.29 is 4.79 Å². The molecule has 5 nitrogen and oxygen atoms in total. The molecule has 0 saturated carbocycles. The lowest BCUT2D eigenvalue weighted by molar-refractivity contribution is 0.102. The number of hydrogen-bond acceptors (Lipinski definition) is 4. The molecular formula is C21H30N4O. The molecule has 5 heteroatoms. The van der Waals surface area contributed by atoms with Crippen molar-refractivity contribution in [1.29, 1.82) is 0 Å². The molecule has 140 valence electrons. The molecule has 0 aliphatic carbocycles. The number of anilines is 2. The van der Waals surface area contributed by atoms with Gasteiger partial charge in [0.25, 0.3) is 5.91 Å². The Morgan fingerprint density at radius 3 is 2.50 bits per heavy atom. The number of benzene rings is 2. The first kappa shape index (κ1) is 19.9. The van der Waals surface area contributed by atoms with Crippen LogP contribution in [-0.4, -0.2) is 37.5 Å². The van der Waals surface area contributed by atoms with Crippen LogP contribution in [0.4, 0.5) is 11.4 Å². The number of rotatable bonds is 9. The Bertz CT molecular complexity index is 712. The highest BCUT2D eigenvalue weighted by molar-refractivity contribution is 6.04.